The summed E-state index contributed by atoms with van der Waals surface area (Å²) in [5.41, 5.74) is 0.311. The lowest BCUT2D eigenvalue weighted by atomic mass is 10.0. The van der Waals surface area contributed by atoms with Crippen LogP contribution in [0.25, 0.3) is 16.8 Å². The molecule has 196 valence electrons. The minimum atomic E-state index is -4.24. The number of carbonyl (C=O) groups excluding carboxylic acids is 3. The Hall–Kier alpha value is -3.38. The molecule has 5 rings (SSSR count). The summed E-state index contributed by atoms with van der Waals surface area (Å²) in [5.74, 6) is -1.00. The van der Waals surface area contributed by atoms with Crippen LogP contribution in [0.5, 0.6) is 5.75 Å². The van der Waals surface area contributed by atoms with Crippen LogP contribution in [0.2, 0.25) is 5.02 Å². The van der Waals surface area contributed by atoms with Crippen LogP contribution >= 0.6 is 23.4 Å². The Kier molecular flexibility index (Phi) is 7.44. The molecular weight excluding hydrogens is 552 g/mol. The molecule has 2 heterocycles. The molecule has 0 bridgehead atoms. The van der Waals surface area contributed by atoms with E-state index in [2.05, 4.69) is 0 Å². The van der Waals surface area contributed by atoms with Gasteiger partial charge in [-0.2, -0.15) is 8.42 Å². The Morgan fingerprint density at radius 2 is 1.74 bits per heavy atom. The van der Waals surface area contributed by atoms with Crippen LogP contribution in [0, 0.1) is 0 Å². The van der Waals surface area contributed by atoms with Gasteiger partial charge in [-0.3, -0.25) is 19.3 Å². The molecule has 0 spiro atoms. The lowest BCUT2D eigenvalue weighted by Crippen LogP contribution is -2.46. The van der Waals surface area contributed by atoms with Gasteiger partial charge in [-0.25, -0.2) is 0 Å². The topological polar surface area (TPSA) is 110 Å². The quantitative estimate of drug-likeness (QED) is 0.320. The van der Waals surface area contributed by atoms with Gasteiger partial charge < -0.3 is 13.8 Å². The van der Waals surface area contributed by atoms with Gasteiger partial charge in [0.05, 0.1) is 18.1 Å². The summed E-state index contributed by atoms with van der Waals surface area (Å²) in [7, 11) is -4.24. The zero-order chi connectivity index (χ0) is 26.9. The Balaban J connectivity index is 1.48. The van der Waals surface area contributed by atoms with Gasteiger partial charge in [0, 0.05) is 23.7 Å². The largest absolute Gasteiger partial charge is 0.378 e. The summed E-state index contributed by atoms with van der Waals surface area (Å²) in [6.45, 7) is 1.20. The van der Waals surface area contributed by atoms with Crippen LogP contribution < -0.4 is 4.18 Å². The van der Waals surface area contributed by atoms with Crippen molar-refractivity contribution in [1.29, 1.82) is 0 Å². The Bertz CT molecular complexity index is 1570. The molecule has 2 fully saturated rings. The maximum Gasteiger partial charge on any atom is 0.339 e. The van der Waals surface area contributed by atoms with Gasteiger partial charge in [-0.1, -0.05) is 41.9 Å². The molecule has 2 aliphatic heterocycles. The molecule has 0 aliphatic carbocycles. The first-order valence-electron chi connectivity index (χ1n) is 11.6. The zero-order valence-electron chi connectivity index (χ0n) is 19.8. The van der Waals surface area contributed by atoms with Crippen molar-refractivity contribution >= 4 is 67.4 Å². The number of nitrogens with zero attached hydrogens (tertiary/aromatic N) is 2. The number of fused-ring (bicyclic) bond motifs is 1. The molecule has 0 unspecified atom stereocenters. The summed E-state index contributed by atoms with van der Waals surface area (Å²) < 4.78 is 36.8. The third-order valence-corrected chi connectivity index (χ3v) is 8.45. The van der Waals surface area contributed by atoms with Crippen LogP contribution in [0.1, 0.15) is 5.56 Å². The minimum Gasteiger partial charge on any atom is -0.378 e. The number of morpholine rings is 1. The van der Waals surface area contributed by atoms with Crippen molar-refractivity contribution in [2.75, 3.05) is 32.8 Å². The van der Waals surface area contributed by atoms with Crippen LogP contribution in [0.15, 0.2) is 70.5 Å². The molecule has 3 amide bonds. The smallest absolute Gasteiger partial charge is 0.339 e. The highest BCUT2D eigenvalue weighted by molar-refractivity contribution is 8.18. The highest BCUT2D eigenvalue weighted by Gasteiger charge is 2.37. The van der Waals surface area contributed by atoms with Crippen molar-refractivity contribution in [3.8, 4) is 5.75 Å². The number of thioether (sulfide) groups is 1. The average Bonchev–Trinajstić information content (AvgIpc) is 3.18. The van der Waals surface area contributed by atoms with Gasteiger partial charge in [0.15, 0.2) is 5.75 Å². The lowest BCUT2D eigenvalue weighted by Gasteiger charge is -2.28. The first-order valence-corrected chi connectivity index (χ1v) is 14.2. The Morgan fingerprint density at radius 1 is 1.03 bits per heavy atom. The van der Waals surface area contributed by atoms with Gasteiger partial charge in [-0.05, 0) is 58.9 Å². The van der Waals surface area contributed by atoms with Crippen LogP contribution in [-0.2, 0) is 24.4 Å². The first-order chi connectivity index (χ1) is 18.2. The van der Waals surface area contributed by atoms with Gasteiger partial charge in [-0.15, -0.1) is 0 Å². The molecule has 2 saturated heterocycles. The maximum atomic E-state index is 13.2. The number of hydrogen-bond donors (Lipinski definition) is 0. The lowest BCUT2D eigenvalue weighted by molar-refractivity contribution is -0.139. The third-order valence-electron chi connectivity index (χ3n) is 6.04. The fourth-order valence-corrected chi connectivity index (χ4v) is 5.97. The van der Waals surface area contributed by atoms with Crippen molar-refractivity contribution in [1.82, 2.24) is 9.80 Å². The van der Waals surface area contributed by atoms with Crippen molar-refractivity contribution in [2.24, 2.45) is 0 Å². The minimum absolute atomic E-state index is 0.0187. The van der Waals surface area contributed by atoms with E-state index in [1.54, 1.807) is 23.1 Å². The Morgan fingerprint density at radius 3 is 2.47 bits per heavy atom. The van der Waals surface area contributed by atoms with Gasteiger partial charge in [0.25, 0.3) is 11.1 Å². The summed E-state index contributed by atoms with van der Waals surface area (Å²) in [5, 5.41) is 1.18. The van der Waals surface area contributed by atoms with E-state index in [0.29, 0.717) is 54.0 Å². The van der Waals surface area contributed by atoms with E-state index in [9.17, 15) is 22.8 Å². The van der Waals surface area contributed by atoms with E-state index >= 15 is 0 Å². The van der Waals surface area contributed by atoms with Crippen molar-refractivity contribution in [3.63, 3.8) is 0 Å². The molecule has 0 radical (unpaired) electrons. The molecule has 3 aromatic rings. The number of hydrogen-bond acceptors (Lipinski definition) is 8. The second kappa shape index (κ2) is 10.8. The molecule has 3 aromatic carbocycles. The van der Waals surface area contributed by atoms with Gasteiger partial charge in [0.2, 0.25) is 5.91 Å². The van der Waals surface area contributed by atoms with E-state index in [0.717, 1.165) is 10.3 Å². The van der Waals surface area contributed by atoms with Crippen LogP contribution in [0.4, 0.5) is 4.79 Å². The van der Waals surface area contributed by atoms with E-state index < -0.39 is 21.3 Å². The normalized spacial score (nSPS) is 17.4. The summed E-state index contributed by atoms with van der Waals surface area (Å²) in [6.07, 6.45) is 1.43. The highest BCUT2D eigenvalue weighted by atomic mass is 35.5. The van der Waals surface area contributed by atoms with Crippen LogP contribution in [0.3, 0.4) is 0 Å². The fourth-order valence-electron chi connectivity index (χ4n) is 4.08. The first kappa shape index (κ1) is 26.2. The van der Waals surface area contributed by atoms with E-state index in [4.69, 9.17) is 20.5 Å². The maximum absolute atomic E-state index is 13.2. The molecule has 38 heavy (non-hydrogen) atoms. The fraction of sp³-hybridized carbons (Fsp3) is 0.192. The number of amides is 3. The molecule has 9 nitrogen and oxygen atoms in total. The molecule has 0 saturated carbocycles. The predicted octanol–water partition coefficient (Wildman–Crippen LogP) is 4.16. The molecule has 0 atom stereocenters. The molecule has 12 heteroatoms. The number of benzene rings is 3. The van der Waals surface area contributed by atoms with E-state index in [1.165, 1.54) is 36.4 Å². The zero-order valence-corrected chi connectivity index (χ0v) is 22.2. The molecular formula is C26H21ClN2O7S2. The van der Waals surface area contributed by atoms with Crippen molar-refractivity contribution in [3.05, 3.63) is 76.2 Å². The molecule has 0 N–H and O–H groups in total. The summed E-state index contributed by atoms with van der Waals surface area (Å²) in [6, 6.07) is 15.9. The second-order valence-electron chi connectivity index (χ2n) is 8.45. The predicted molar refractivity (Wildman–Crippen MR) is 143 cm³/mol. The average molecular weight is 573 g/mol. The highest BCUT2D eigenvalue weighted by Crippen LogP contribution is 2.37. The second-order valence-corrected chi connectivity index (χ2v) is 11.4. The summed E-state index contributed by atoms with van der Waals surface area (Å²) in [4.78, 5) is 40.9. The number of halogens is 1. The van der Waals surface area contributed by atoms with Crippen molar-refractivity contribution in [2.45, 2.75) is 4.90 Å². The SMILES string of the molecule is O=C(CN1C(=O)S/C(=C\c2c(OS(=O)(=O)c3ccc(Cl)cc3)ccc3ccccc23)C1=O)N1CCOCC1. The summed E-state index contributed by atoms with van der Waals surface area (Å²) >= 11 is 6.56. The monoisotopic (exact) mass is 572 g/mol. The number of rotatable bonds is 6. The van der Waals surface area contributed by atoms with Gasteiger partial charge in [0.1, 0.15) is 11.4 Å². The third kappa shape index (κ3) is 5.41. The number of ether oxygens (including phenoxy) is 1. The standard InChI is InChI=1S/C26H21ClN2O7S2/c27-18-6-8-19(9-7-18)38(33,34)36-22-10-5-17-3-1-2-4-20(17)21(22)15-23-25(31)29(26(32)37-23)16-24(30)28-11-13-35-14-12-28/h1-10,15H,11-14,16H2/b23-15-. The van der Waals surface area contributed by atoms with Gasteiger partial charge >= 0.3 is 10.1 Å². The molecule has 0 aromatic heterocycles. The van der Waals surface area contributed by atoms with Crippen molar-refractivity contribution < 1.29 is 31.7 Å². The molecule has 2 aliphatic rings. The number of carbonyl (C=O) groups is 3. The van der Waals surface area contributed by atoms with Crippen LogP contribution in [-0.4, -0.2) is 68.1 Å². The van der Waals surface area contributed by atoms with E-state index in [-0.39, 0.29) is 28.0 Å². The Labute approximate surface area is 228 Å². The van der Waals surface area contributed by atoms with E-state index in [1.807, 2.05) is 12.1 Å². The number of imide groups is 1.